The van der Waals surface area contributed by atoms with E-state index in [4.69, 9.17) is 10.5 Å². The first-order valence-corrected chi connectivity index (χ1v) is 7.78. The van der Waals surface area contributed by atoms with Crippen LogP contribution in [0.2, 0.25) is 0 Å². The second kappa shape index (κ2) is 6.26. The molecule has 1 aromatic heterocycles. The van der Waals surface area contributed by atoms with E-state index in [9.17, 15) is 20.1 Å². The third-order valence-corrected chi connectivity index (χ3v) is 4.60. The van der Waals surface area contributed by atoms with Crippen molar-refractivity contribution in [3.8, 4) is 0 Å². The van der Waals surface area contributed by atoms with Crippen molar-refractivity contribution in [2.24, 2.45) is 0 Å². The monoisotopic (exact) mass is 357 g/mol. The second-order valence-electron chi connectivity index (χ2n) is 5.55. The number of anilines is 3. The van der Waals surface area contributed by atoms with Crippen LogP contribution in [0.25, 0.3) is 0 Å². The Morgan fingerprint density at radius 3 is 2.75 bits per heavy atom. The maximum Gasteiger partial charge on any atom is 0.278 e. The maximum absolute atomic E-state index is 12.3. The van der Waals surface area contributed by atoms with Crippen molar-refractivity contribution in [2.75, 3.05) is 28.7 Å². The Labute approximate surface area is 142 Å². The van der Waals surface area contributed by atoms with Crippen molar-refractivity contribution in [2.45, 2.75) is 30.0 Å². The van der Waals surface area contributed by atoms with Crippen LogP contribution in [-0.4, -0.2) is 68.5 Å². The molecular formula is C13H19N5O5S. The van der Waals surface area contributed by atoms with Gasteiger partial charge in [-0.15, -0.1) is 19.2 Å². The predicted octanol–water partition coefficient (Wildman–Crippen LogP) is -2.18. The minimum Gasteiger partial charge on any atom is -0.394 e. The van der Waals surface area contributed by atoms with E-state index in [-0.39, 0.29) is 17.5 Å². The molecule has 132 valence electrons. The van der Waals surface area contributed by atoms with E-state index in [2.05, 4.69) is 29.2 Å². The van der Waals surface area contributed by atoms with Gasteiger partial charge in [-0.05, 0) is 0 Å². The van der Waals surface area contributed by atoms with Crippen LogP contribution in [0.4, 0.5) is 17.5 Å². The van der Waals surface area contributed by atoms with Crippen molar-refractivity contribution >= 4 is 30.1 Å². The summed E-state index contributed by atoms with van der Waals surface area (Å²) >= 11 is 4.48. The molecule has 2 aliphatic rings. The number of aliphatic hydroxyl groups is 3. The number of hydrogen-bond acceptors (Lipinski definition) is 10. The van der Waals surface area contributed by atoms with Crippen molar-refractivity contribution in [1.29, 1.82) is 0 Å². The number of nitrogens with zero attached hydrogens (tertiary/aromatic N) is 3. The zero-order valence-corrected chi connectivity index (χ0v) is 13.5. The van der Waals surface area contributed by atoms with Crippen LogP contribution in [0, 0.1) is 0 Å². The minimum atomic E-state index is -1.32. The number of hydrogen-bond donors (Lipinski definition) is 6. The number of nitrogens with two attached hydrogens (primary N) is 1. The summed E-state index contributed by atoms with van der Waals surface area (Å²) in [6, 6.07) is 0. The largest absolute Gasteiger partial charge is 0.394 e. The molecule has 10 nitrogen and oxygen atoms in total. The van der Waals surface area contributed by atoms with E-state index in [1.54, 1.807) is 11.0 Å². The molecule has 1 unspecified atom stereocenters. The Bertz CT molecular complexity index is 700. The molecule has 6 N–H and O–H groups in total. The summed E-state index contributed by atoms with van der Waals surface area (Å²) < 4.78 is 5.53. The molecule has 0 spiro atoms. The molecule has 2 aliphatic heterocycles. The third-order valence-electron chi connectivity index (χ3n) is 4.07. The number of rotatable bonds is 4. The molecule has 3 rings (SSSR count). The van der Waals surface area contributed by atoms with Crippen LogP contribution in [0.3, 0.4) is 0 Å². The molecule has 0 amide bonds. The maximum atomic E-state index is 12.3. The van der Waals surface area contributed by atoms with Crippen molar-refractivity contribution in [3.05, 3.63) is 23.0 Å². The summed E-state index contributed by atoms with van der Waals surface area (Å²) in [6.07, 6.45) is -3.03. The van der Waals surface area contributed by atoms with Gasteiger partial charge in [-0.25, -0.2) is 0 Å². The topological polar surface area (TPSA) is 148 Å². The fraction of sp³-hybridized carbons (Fsp3) is 0.538. The number of nitrogens with one attached hydrogen (secondary N) is 1. The first-order valence-electron chi connectivity index (χ1n) is 7.27. The van der Waals surface area contributed by atoms with Gasteiger partial charge in [-0.1, -0.05) is 6.08 Å². The van der Waals surface area contributed by atoms with Gasteiger partial charge in [0.15, 0.2) is 17.5 Å². The molecule has 0 aliphatic carbocycles. The molecular weight excluding hydrogens is 338 g/mol. The summed E-state index contributed by atoms with van der Waals surface area (Å²) in [4.78, 5) is 21.9. The summed E-state index contributed by atoms with van der Waals surface area (Å²) in [5.74, 6) is 0.0735. The lowest BCUT2D eigenvalue weighted by Gasteiger charge is -2.33. The van der Waals surface area contributed by atoms with Crippen molar-refractivity contribution in [1.82, 2.24) is 9.97 Å². The number of thiol groups is 1. The zero-order valence-electron chi connectivity index (χ0n) is 12.6. The third kappa shape index (κ3) is 2.45. The van der Waals surface area contributed by atoms with E-state index in [1.807, 2.05) is 0 Å². The first-order chi connectivity index (χ1) is 11.4. The van der Waals surface area contributed by atoms with Gasteiger partial charge in [0.2, 0.25) is 5.95 Å². The molecule has 1 saturated heterocycles. The number of aliphatic hydroxyl groups excluding tert-OH is 3. The zero-order chi connectivity index (χ0) is 17.6. The average Bonchev–Trinajstić information content (AvgIpc) is 2.96. The summed E-state index contributed by atoms with van der Waals surface area (Å²) in [6.45, 7) is 3.48. The Morgan fingerprint density at radius 2 is 2.17 bits per heavy atom. The minimum absolute atomic E-state index is 0.100. The smallest absolute Gasteiger partial charge is 0.278 e. The van der Waals surface area contributed by atoms with Crippen LogP contribution >= 0.6 is 12.6 Å². The molecule has 5 atom stereocenters. The standard InChI is InChI=1S/C13H19N5O5S/c1-2-3-17-6-9(15-12(14)16-10(6)22)18(13(17)24)11-8(21)7(20)5(4-19)23-11/h2,5,7-8,11,13,19-21,24H,1,3-4H2,(H3,14,15,16,22)/t5-,7-,8-,11-,13?/m1/s1. The van der Waals surface area contributed by atoms with Gasteiger partial charge in [0.25, 0.3) is 5.56 Å². The molecule has 1 fully saturated rings. The normalized spacial score (nSPS) is 32.2. The second-order valence-corrected chi connectivity index (χ2v) is 6.01. The Hall–Kier alpha value is -1.79. The van der Waals surface area contributed by atoms with Gasteiger partial charge in [-0.2, -0.15) is 4.98 Å². The Balaban J connectivity index is 2.07. The van der Waals surface area contributed by atoms with Gasteiger partial charge < -0.3 is 30.7 Å². The van der Waals surface area contributed by atoms with E-state index < -0.39 is 42.2 Å². The number of nitrogen functional groups attached to an aromatic ring is 1. The van der Waals surface area contributed by atoms with Crippen molar-refractivity contribution in [3.63, 3.8) is 0 Å². The predicted molar refractivity (Wildman–Crippen MR) is 89.8 cm³/mol. The van der Waals surface area contributed by atoms with Crippen LogP contribution in [0.1, 0.15) is 0 Å². The molecule has 24 heavy (non-hydrogen) atoms. The SMILES string of the molecule is C=CCN1c2c(nc(N)[nH]c2=O)N([C@@H]2O[C@H](CO)[C@@H](O)[C@H]2O)C1S. The highest BCUT2D eigenvalue weighted by Gasteiger charge is 2.51. The highest BCUT2D eigenvalue weighted by atomic mass is 32.1. The number of aromatic nitrogens is 2. The van der Waals surface area contributed by atoms with E-state index in [1.165, 1.54) is 4.90 Å². The lowest BCUT2D eigenvalue weighted by atomic mass is 10.1. The fourth-order valence-corrected chi connectivity index (χ4v) is 3.42. The Morgan fingerprint density at radius 1 is 1.46 bits per heavy atom. The highest BCUT2D eigenvalue weighted by molar-refractivity contribution is 7.81. The van der Waals surface area contributed by atoms with Gasteiger partial charge in [-0.3, -0.25) is 14.7 Å². The van der Waals surface area contributed by atoms with Crippen LogP contribution < -0.4 is 21.1 Å². The van der Waals surface area contributed by atoms with Crippen LogP contribution in [0.5, 0.6) is 0 Å². The molecule has 11 heteroatoms. The van der Waals surface area contributed by atoms with Gasteiger partial charge in [0, 0.05) is 6.54 Å². The lowest BCUT2D eigenvalue weighted by molar-refractivity contribution is -0.0227. The summed E-state index contributed by atoms with van der Waals surface area (Å²) in [5.41, 5.74) is 4.66. The van der Waals surface area contributed by atoms with Crippen LogP contribution in [0.15, 0.2) is 17.4 Å². The van der Waals surface area contributed by atoms with Crippen molar-refractivity contribution < 1.29 is 20.1 Å². The molecule has 0 saturated carbocycles. The fourth-order valence-electron chi connectivity index (χ4n) is 2.97. The van der Waals surface area contributed by atoms with E-state index in [0.717, 1.165) is 0 Å². The molecule has 0 bridgehead atoms. The van der Waals surface area contributed by atoms with Gasteiger partial charge >= 0.3 is 0 Å². The van der Waals surface area contributed by atoms with Gasteiger partial charge in [0.1, 0.15) is 24.0 Å². The molecule has 3 heterocycles. The number of aromatic amines is 1. The Kier molecular flexibility index (Phi) is 4.44. The summed E-state index contributed by atoms with van der Waals surface area (Å²) in [5, 5.41) is 29.5. The molecule has 1 aromatic rings. The average molecular weight is 357 g/mol. The van der Waals surface area contributed by atoms with Crippen LogP contribution in [-0.2, 0) is 4.74 Å². The summed E-state index contributed by atoms with van der Waals surface area (Å²) in [7, 11) is 0. The quantitative estimate of drug-likeness (QED) is 0.261. The number of ether oxygens (including phenoxy) is 1. The molecule has 0 radical (unpaired) electrons. The number of fused-ring (bicyclic) bond motifs is 1. The first kappa shape index (κ1) is 17.0. The lowest BCUT2D eigenvalue weighted by Crippen LogP contribution is -2.50. The van der Waals surface area contributed by atoms with Gasteiger partial charge in [0.05, 0.1) is 6.61 Å². The highest BCUT2D eigenvalue weighted by Crippen LogP contribution is 2.41. The number of H-pyrrole nitrogens is 1. The van der Waals surface area contributed by atoms with E-state index in [0.29, 0.717) is 6.54 Å². The molecule has 0 aromatic carbocycles. The van der Waals surface area contributed by atoms with E-state index >= 15 is 0 Å².